The fourth-order valence-electron chi connectivity index (χ4n) is 1.05. The lowest BCUT2D eigenvalue weighted by molar-refractivity contribution is 0.131. The summed E-state index contributed by atoms with van der Waals surface area (Å²) < 4.78 is 25.4. The second kappa shape index (κ2) is 4.30. The predicted molar refractivity (Wildman–Crippen MR) is 43.0 cm³/mol. The molecule has 0 aromatic heterocycles. The molecule has 1 aromatic rings. The first-order valence-electron chi connectivity index (χ1n) is 3.89. The number of halogens is 2. The summed E-state index contributed by atoms with van der Waals surface area (Å²) in [4.78, 5) is 0. The van der Waals surface area contributed by atoms with Crippen LogP contribution in [-0.4, -0.2) is 16.8 Å². The van der Waals surface area contributed by atoms with E-state index in [0.717, 1.165) is 6.07 Å². The third-order valence-electron chi connectivity index (χ3n) is 1.72. The summed E-state index contributed by atoms with van der Waals surface area (Å²) in [7, 11) is 0. The molecular formula is C9H10F2O2. The molecule has 0 bridgehead atoms. The van der Waals surface area contributed by atoms with Crippen LogP contribution in [0.15, 0.2) is 18.2 Å². The summed E-state index contributed by atoms with van der Waals surface area (Å²) >= 11 is 0. The van der Waals surface area contributed by atoms with Crippen molar-refractivity contribution in [3.05, 3.63) is 35.4 Å². The summed E-state index contributed by atoms with van der Waals surface area (Å²) in [6.07, 6.45) is -1.03. The highest BCUT2D eigenvalue weighted by molar-refractivity contribution is 5.20. The van der Waals surface area contributed by atoms with E-state index in [1.807, 2.05) is 0 Å². The van der Waals surface area contributed by atoms with Crippen molar-refractivity contribution >= 4 is 0 Å². The van der Waals surface area contributed by atoms with Gasteiger partial charge in [-0.1, -0.05) is 6.07 Å². The van der Waals surface area contributed by atoms with Crippen LogP contribution in [0.3, 0.4) is 0 Å². The number of aliphatic hydroxyl groups is 2. The Kier molecular flexibility index (Phi) is 3.33. The van der Waals surface area contributed by atoms with E-state index in [2.05, 4.69) is 0 Å². The molecule has 2 nitrogen and oxygen atoms in total. The fraction of sp³-hybridized carbons (Fsp3) is 0.333. The van der Waals surface area contributed by atoms with E-state index in [1.165, 1.54) is 6.07 Å². The molecule has 1 aromatic carbocycles. The van der Waals surface area contributed by atoms with E-state index < -0.39 is 17.7 Å². The third kappa shape index (κ3) is 2.47. The van der Waals surface area contributed by atoms with E-state index in [0.29, 0.717) is 6.07 Å². The Morgan fingerprint density at radius 3 is 2.54 bits per heavy atom. The summed E-state index contributed by atoms with van der Waals surface area (Å²) in [6.45, 7) is -0.238. The van der Waals surface area contributed by atoms with Gasteiger partial charge in [0.2, 0.25) is 0 Å². The van der Waals surface area contributed by atoms with Gasteiger partial charge in [-0.15, -0.1) is 0 Å². The molecule has 0 aliphatic heterocycles. The normalized spacial score (nSPS) is 12.9. The predicted octanol–water partition coefficient (Wildman–Crippen LogP) is 1.38. The SMILES string of the molecule is OCCC(O)c1ccc(F)cc1F. The van der Waals surface area contributed by atoms with E-state index in [-0.39, 0.29) is 18.6 Å². The Hall–Kier alpha value is -1.00. The van der Waals surface area contributed by atoms with Gasteiger partial charge in [0, 0.05) is 24.7 Å². The van der Waals surface area contributed by atoms with Crippen LogP contribution in [0.2, 0.25) is 0 Å². The Morgan fingerprint density at radius 2 is 2.00 bits per heavy atom. The van der Waals surface area contributed by atoms with Crippen LogP contribution >= 0.6 is 0 Å². The largest absolute Gasteiger partial charge is 0.396 e. The zero-order valence-corrected chi connectivity index (χ0v) is 6.87. The van der Waals surface area contributed by atoms with Crippen molar-refractivity contribution in [3.63, 3.8) is 0 Å². The lowest BCUT2D eigenvalue weighted by atomic mass is 10.1. The van der Waals surface area contributed by atoms with Gasteiger partial charge in [-0.05, 0) is 6.07 Å². The third-order valence-corrected chi connectivity index (χ3v) is 1.72. The highest BCUT2D eigenvalue weighted by Crippen LogP contribution is 2.20. The zero-order valence-electron chi connectivity index (χ0n) is 6.87. The Morgan fingerprint density at radius 1 is 1.31 bits per heavy atom. The van der Waals surface area contributed by atoms with Crippen molar-refractivity contribution in [3.8, 4) is 0 Å². The average molecular weight is 188 g/mol. The lowest BCUT2D eigenvalue weighted by Gasteiger charge is -2.09. The molecule has 1 unspecified atom stereocenters. The molecule has 1 atom stereocenters. The molecule has 0 saturated heterocycles. The molecule has 0 aliphatic rings. The van der Waals surface area contributed by atoms with Gasteiger partial charge in [0.15, 0.2) is 0 Å². The maximum atomic E-state index is 12.9. The van der Waals surface area contributed by atoms with Crippen LogP contribution in [0, 0.1) is 11.6 Å². The molecule has 72 valence electrons. The van der Waals surface area contributed by atoms with Gasteiger partial charge in [0.1, 0.15) is 11.6 Å². The van der Waals surface area contributed by atoms with E-state index >= 15 is 0 Å². The minimum atomic E-state index is -1.08. The first kappa shape index (κ1) is 10.1. The molecule has 13 heavy (non-hydrogen) atoms. The molecule has 0 aliphatic carbocycles. The number of aliphatic hydroxyl groups excluding tert-OH is 2. The second-order valence-corrected chi connectivity index (χ2v) is 2.69. The quantitative estimate of drug-likeness (QED) is 0.752. The Bertz CT molecular complexity index is 289. The van der Waals surface area contributed by atoms with Gasteiger partial charge in [-0.3, -0.25) is 0 Å². The van der Waals surface area contributed by atoms with Crippen LogP contribution in [0.25, 0.3) is 0 Å². The minimum Gasteiger partial charge on any atom is -0.396 e. The molecule has 0 spiro atoms. The van der Waals surface area contributed by atoms with Gasteiger partial charge in [-0.25, -0.2) is 8.78 Å². The van der Waals surface area contributed by atoms with Crippen LogP contribution in [0.4, 0.5) is 8.78 Å². The van der Waals surface area contributed by atoms with Gasteiger partial charge in [0.05, 0.1) is 6.10 Å². The molecule has 2 N–H and O–H groups in total. The Labute approximate surface area is 74.4 Å². The van der Waals surface area contributed by atoms with E-state index in [9.17, 15) is 13.9 Å². The number of hydrogen-bond donors (Lipinski definition) is 2. The topological polar surface area (TPSA) is 40.5 Å². The number of benzene rings is 1. The zero-order chi connectivity index (χ0) is 9.84. The first-order chi connectivity index (χ1) is 6.15. The minimum absolute atomic E-state index is 0.00968. The lowest BCUT2D eigenvalue weighted by Crippen LogP contribution is -2.03. The van der Waals surface area contributed by atoms with Crippen LogP contribution in [0.1, 0.15) is 18.1 Å². The Balaban J connectivity index is 2.88. The fourth-order valence-corrected chi connectivity index (χ4v) is 1.05. The molecule has 0 saturated carbocycles. The molecule has 0 amide bonds. The van der Waals surface area contributed by atoms with Crippen molar-refractivity contribution in [2.45, 2.75) is 12.5 Å². The molecule has 4 heteroatoms. The molecule has 0 heterocycles. The maximum absolute atomic E-state index is 12.9. The smallest absolute Gasteiger partial charge is 0.131 e. The number of hydrogen-bond acceptors (Lipinski definition) is 2. The maximum Gasteiger partial charge on any atom is 0.131 e. The molecule has 0 fully saturated rings. The highest BCUT2D eigenvalue weighted by Gasteiger charge is 2.12. The van der Waals surface area contributed by atoms with Crippen molar-refractivity contribution in [1.82, 2.24) is 0 Å². The second-order valence-electron chi connectivity index (χ2n) is 2.69. The van der Waals surface area contributed by atoms with E-state index in [1.54, 1.807) is 0 Å². The van der Waals surface area contributed by atoms with Gasteiger partial charge in [0.25, 0.3) is 0 Å². The molecular weight excluding hydrogens is 178 g/mol. The van der Waals surface area contributed by atoms with Crippen LogP contribution in [-0.2, 0) is 0 Å². The van der Waals surface area contributed by atoms with Crippen molar-refractivity contribution < 1.29 is 19.0 Å². The van der Waals surface area contributed by atoms with Crippen molar-refractivity contribution in [1.29, 1.82) is 0 Å². The van der Waals surface area contributed by atoms with Gasteiger partial charge < -0.3 is 10.2 Å². The summed E-state index contributed by atoms with van der Waals surface area (Å²) in [6, 6.07) is 2.94. The van der Waals surface area contributed by atoms with Gasteiger partial charge in [-0.2, -0.15) is 0 Å². The standard InChI is InChI=1S/C9H10F2O2/c10-6-1-2-7(8(11)5-6)9(13)3-4-12/h1-2,5,9,12-13H,3-4H2. The van der Waals surface area contributed by atoms with Crippen LogP contribution in [0.5, 0.6) is 0 Å². The average Bonchev–Trinajstić information content (AvgIpc) is 2.04. The molecule has 1 rings (SSSR count). The summed E-state index contributed by atoms with van der Waals surface area (Å²) in [5.74, 6) is -1.47. The summed E-state index contributed by atoms with van der Waals surface area (Å²) in [5, 5.41) is 17.8. The first-order valence-corrected chi connectivity index (χ1v) is 3.89. The van der Waals surface area contributed by atoms with Crippen molar-refractivity contribution in [2.24, 2.45) is 0 Å². The van der Waals surface area contributed by atoms with Crippen LogP contribution < -0.4 is 0 Å². The van der Waals surface area contributed by atoms with E-state index in [4.69, 9.17) is 5.11 Å². The number of rotatable bonds is 3. The monoisotopic (exact) mass is 188 g/mol. The molecule has 0 radical (unpaired) electrons. The summed E-state index contributed by atoms with van der Waals surface area (Å²) in [5.41, 5.74) is 0.00968. The highest BCUT2D eigenvalue weighted by atomic mass is 19.1. The van der Waals surface area contributed by atoms with Gasteiger partial charge >= 0.3 is 0 Å². The van der Waals surface area contributed by atoms with Crippen molar-refractivity contribution in [2.75, 3.05) is 6.61 Å².